The van der Waals surface area contributed by atoms with Crippen molar-refractivity contribution in [2.45, 2.75) is 33.6 Å². The molecule has 1 aromatic heterocycles. The molecular weight excluding hydrogens is 533 g/mol. The average molecular weight is 565 g/mol. The average Bonchev–Trinajstić information content (AvgIpc) is 3.24. The largest absolute Gasteiger partial charge is 0.322 e. The minimum Gasteiger partial charge on any atom is -0.315 e. The van der Waals surface area contributed by atoms with Crippen molar-refractivity contribution in [1.29, 1.82) is 0 Å². The molecule has 0 saturated carbocycles. The fraction of sp³-hybridized carbons (Fsp3) is 0.233. The van der Waals surface area contributed by atoms with E-state index in [0.717, 1.165) is 40.9 Å². The van der Waals surface area contributed by atoms with E-state index in [4.69, 9.17) is 28.3 Å². The Labute approximate surface area is 238 Å². The second-order valence-electron chi connectivity index (χ2n) is 9.30. The molecule has 0 spiro atoms. The quantitative estimate of drug-likeness (QED) is 0.218. The van der Waals surface area contributed by atoms with Crippen LogP contribution >= 0.6 is 23.2 Å². The number of aromatic nitrogens is 2. The number of halogens is 2. The van der Waals surface area contributed by atoms with Gasteiger partial charge in [0.25, 0.3) is 0 Å². The maximum absolute atomic E-state index is 13.5. The first kappa shape index (κ1) is 28.2. The number of aryl methyl sites for hydroxylation is 2. The highest BCUT2D eigenvalue weighted by molar-refractivity contribution is 6.42. The molecule has 4 rings (SSSR count). The number of urea groups is 1. The van der Waals surface area contributed by atoms with Gasteiger partial charge in [-0.2, -0.15) is 5.10 Å². The molecule has 0 bridgehead atoms. The fourth-order valence-electron chi connectivity index (χ4n) is 4.19. The number of rotatable bonds is 9. The molecule has 0 unspecified atom stereocenters. The zero-order chi connectivity index (χ0) is 27.9. The van der Waals surface area contributed by atoms with Gasteiger partial charge in [-0.15, -0.1) is 0 Å². The summed E-state index contributed by atoms with van der Waals surface area (Å²) in [5.74, 6) is 0.216. The van der Waals surface area contributed by atoms with Crippen molar-refractivity contribution in [2.24, 2.45) is 0 Å². The number of nitrogens with one attached hydrogen (secondary N) is 2. The third-order valence-corrected chi connectivity index (χ3v) is 6.97. The Morgan fingerprint density at radius 1 is 0.923 bits per heavy atom. The SMILES string of the molecule is CCCCN(CC(=O)Nc1c(-c2ccccc2)c(C)nn1-c1ccc(C)cc1)C(=O)Nc1ccc(Cl)c(Cl)c1. The van der Waals surface area contributed by atoms with Gasteiger partial charge in [-0.05, 0) is 56.2 Å². The number of anilines is 2. The first-order valence-electron chi connectivity index (χ1n) is 12.8. The minimum atomic E-state index is -0.400. The summed E-state index contributed by atoms with van der Waals surface area (Å²) in [6, 6.07) is 22.2. The van der Waals surface area contributed by atoms with E-state index in [2.05, 4.69) is 10.6 Å². The third-order valence-electron chi connectivity index (χ3n) is 6.23. The van der Waals surface area contributed by atoms with Crippen LogP contribution in [0, 0.1) is 13.8 Å². The van der Waals surface area contributed by atoms with Gasteiger partial charge in [0.05, 0.1) is 21.4 Å². The number of carbonyl (C=O) groups excluding carboxylic acids is 2. The molecule has 39 heavy (non-hydrogen) atoms. The highest BCUT2D eigenvalue weighted by Crippen LogP contribution is 2.33. The highest BCUT2D eigenvalue weighted by Gasteiger charge is 2.23. The summed E-state index contributed by atoms with van der Waals surface area (Å²) in [5.41, 5.74) is 4.97. The summed E-state index contributed by atoms with van der Waals surface area (Å²) in [6.07, 6.45) is 1.62. The Morgan fingerprint density at radius 2 is 1.64 bits per heavy atom. The molecule has 0 atom stereocenters. The van der Waals surface area contributed by atoms with Gasteiger partial charge in [0.2, 0.25) is 5.91 Å². The molecule has 0 fully saturated rings. The molecule has 0 aliphatic carbocycles. The van der Waals surface area contributed by atoms with Crippen molar-refractivity contribution >= 4 is 46.6 Å². The zero-order valence-corrected chi connectivity index (χ0v) is 23.7. The van der Waals surface area contributed by atoms with Gasteiger partial charge >= 0.3 is 6.03 Å². The first-order chi connectivity index (χ1) is 18.8. The van der Waals surface area contributed by atoms with Crippen LogP contribution in [0.4, 0.5) is 16.3 Å². The zero-order valence-electron chi connectivity index (χ0n) is 22.2. The van der Waals surface area contributed by atoms with E-state index in [-0.39, 0.29) is 12.5 Å². The van der Waals surface area contributed by atoms with E-state index in [9.17, 15) is 9.59 Å². The molecule has 3 amide bonds. The van der Waals surface area contributed by atoms with Crippen molar-refractivity contribution in [3.05, 3.63) is 94.1 Å². The second-order valence-corrected chi connectivity index (χ2v) is 10.1. The Morgan fingerprint density at radius 3 is 2.31 bits per heavy atom. The molecule has 0 radical (unpaired) electrons. The molecule has 3 aromatic carbocycles. The Bertz CT molecular complexity index is 1450. The number of carbonyl (C=O) groups is 2. The summed E-state index contributed by atoms with van der Waals surface area (Å²) < 4.78 is 1.74. The van der Waals surface area contributed by atoms with Gasteiger partial charge < -0.3 is 15.5 Å². The maximum Gasteiger partial charge on any atom is 0.322 e. The summed E-state index contributed by atoms with van der Waals surface area (Å²) >= 11 is 12.1. The Kier molecular flexibility index (Phi) is 9.28. The summed E-state index contributed by atoms with van der Waals surface area (Å²) in [5, 5.41) is 11.4. The number of amides is 3. The van der Waals surface area contributed by atoms with E-state index in [1.54, 1.807) is 22.9 Å². The van der Waals surface area contributed by atoms with Crippen molar-refractivity contribution < 1.29 is 9.59 Å². The predicted octanol–water partition coefficient (Wildman–Crippen LogP) is 7.74. The Hall–Kier alpha value is -3.81. The van der Waals surface area contributed by atoms with Crippen LogP contribution in [0.25, 0.3) is 16.8 Å². The number of hydrogen-bond donors (Lipinski definition) is 2. The van der Waals surface area contributed by atoms with Gasteiger partial charge in [0, 0.05) is 17.8 Å². The lowest BCUT2D eigenvalue weighted by Gasteiger charge is -2.23. The summed E-state index contributed by atoms with van der Waals surface area (Å²) in [4.78, 5) is 28.1. The summed E-state index contributed by atoms with van der Waals surface area (Å²) in [6.45, 7) is 6.24. The molecule has 2 N–H and O–H groups in total. The number of nitrogens with zero attached hydrogens (tertiary/aromatic N) is 3. The molecule has 0 aliphatic heterocycles. The number of benzene rings is 3. The van der Waals surface area contributed by atoms with Gasteiger partial charge in [-0.3, -0.25) is 4.79 Å². The molecule has 202 valence electrons. The predicted molar refractivity (Wildman–Crippen MR) is 159 cm³/mol. The number of hydrogen-bond acceptors (Lipinski definition) is 3. The van der Waals surface area contributed by atoms with Crippen LogP contribution in [0.3, 0.4) is 0 Å². The highest BCUT2D eigenvalue weighted by atomic mass is 35.5. The molecule has 4 aromatic rings. The second kappa shape index (κ2) is 12.8. The van der Waals surface area contributed by atoms with Crippen molar-refractivity contribution in [3.63, 3.8) is 0 Å². The Balaban J connectivity index is 1.62. The van der Waals surface area contributed by atoms with Gasteiger partial charge in [-0.25, -0.2) is 9.48 Å². The molecular formula is C30H31Cl2N5O2. The van der Waals surface area contributed by atoms with Crippen molar-refractivity contribution in [2.75, 3.05) is 23.7 Å². The van der Waals surface area contributed by atoms with E-state index in [1.165, 1.54) is 4.90 Å². The van der Waals surface area contributed by atoms with Crippen LogP contribution in [-0.4, -0.2) is 39.7 Å². The standard InChI is InChI=1S/C30H31Cl2N5O2/c1-4-5-17-36(30(39)33-23-13-16-25(31)26(32)18-23)19-27(38)34-29-28(22-9-7-6-8-10-22)21(3)35-37(29)24-14-11-20(2)12-15-24/h6-16,18H,4-5,17,19H2,1-3H3,(H,33,39)(H,34,38). The summed E-state index contributed by atoms with van der Waals surface area (Å²) in [7, 11) is 0. The van der Waals surface area contributed by atoms with Crippen LogP contribution in [-0.2, 0) is 4.79 Å². The van der Waals surface area contributed by atoms with E-state index in [0.29, 0.717) is 28.1 Å². The lowest BCUT2D eigenvalue weighted by atomic mass is 10.1. The van der Waals surface area contributed by atoms with Crippen LogP contribution in [0.5, 0.6) is 0 Å². The monoisotopic (exact) mass is 563 g/mol. The molecule has 9 heteroatoms. The molecule has 1 heterocycles. The van der Waals surface area contributed by atoms with E-state index in [1.807, 2.05) is 75.4 Å². The lowest BCUT2D eigenvalue weighted by Crippen LogP contribution is -2.41. The first-order valence-corrected chi connectivity index (χ1v) is 13.5. The van der Waals surface area contributed by atoms with Gasteiger partial charge in [-0.1, -0.05) is 84.6 Å². The minimum absolute atomic E-state index is 0.139. The third kappa shape index (κ3) is 6.99. The lowest BCUT2D eigenvalue weighted by molar-refractivity contribution is -0.116. The van der Waals surface area contributed by atoms with Crippen LogP contribution in [0.1, 0.15) is 31.0 Å². The van der Waals surface area contributed by atoms with Gasteiger partial charge in [0.15, 0.2) is 0 Å². The molecule has 0 aliphatic rings. The fourth-order valence-corrected chi connectivity index (χ4v) is 4.49. The van der Waals surface area contributed by atoms with Gasteiger partial charge in [0.1, 0.15) is 12.4 Å². The van der Waals surface area contributed by atoms with Crippen molar-refractivity contribution in [3.8, 4) is 16.8 Å². The van der Waals surface area contributed by atoms with Crippen LogP contribution in [0.15, 0.2) is 72.8 Å². The molecule has 0 saturated heterocycles. The maximum atomic E-state index is 13.5. The smallest absolute Gasteiger partial charge is 0.315 e. The topological polar surface area (TPSA) is 79.3 Å². The van der Waals surface area contributed by atoms with Crippen molar-refractivity contribution in [1.82, 2.24) is 14.7 Å². The van der Waals surface area contributed by atoms with E-state index < -0.39 is 6.03 Å². The number of unbranched alkanes of at least 4 members (excludes halogenated alkanes) is 1. The molecule has 7 nitrogen and oxygen atoms in total. The van der Waals surface area contributed by atoms with E-state index >= 15 is 0 Å². The van der Waals surface area contributed by atoms with Crippen LogP contribution in [0.2, 0.25) is 10.0 Å². The van der Waals surface area contributed by atoms with Crippen LogP contribution < -0.4 is 10.6 Å². The normalized spacial score (nSPS) is 10.8.